The standard InChI is InChI=1S/C23H26N4O2.HI/c1-3-24-23(25-15-22(29)27-20-10-12-21(28)13-11-20)26-16(2)18-9-8-17-6-4-5-7-19(17)14-18;/h4-14,16,28H,3,15H2,1-2H3,(H,27,29)(H2,24,25,26);1H. The molecule has 0 bridgehead atoms. The second kappa shape index (κ2) is 11.4. The summed E-state index contributed by atoms with van der Waals surface area (Å²) in [5.74, 6) is 0.502. The van der Waals surface area contributed by atoms with E-state index >= 15 is 0 Å². The number of rotatable bonds is 6. The van der Waals surface area contributed by atoms with Gasteiger partial charge in [-0.3, -0.25) is 4.79 Å². The van der Waals surface area contributed by atoms with Crippen LogP contribution in [0.15, 0.2) is 71.7 Å². The molecule has 0 aliphatic carbocycles. The summed E-state index contributed by atoms with van der Waals surface area (Å²) >= 11 is 0. The summed E-state index contributed by atoms with van der Waals surface area (Å²) in [6.07, 6.45) is 0. The lowest BCUT2D eigenvalue weighted by Gasteiger charge is -2.18. The van der Waals surface area contributed by atoms with Gasteiger partial charge in [0.15, 0.2) is 5.96 Å². The molecule has 0 aromatic heterocycles. The number of carbonyl (C=O) groups excluding carboxylic acids is 1. The largest absolute Gasteiger partial charge is 0.508 e. The molecule has 1 amide bonds. The molecule has 0 fully saturated rings. The van der Waals surface area contributed by atoms with Gasteiger partial charge >= 0.3 is 0 Å². The van der Waals surface area contributed by atoms with Gasteiger partial charge in [0.2, 0.25) is 5.91 Å². The fourth-order valence-electron chi connectivity index (χ4n) is 2.98. The van der Waals surface area contributed by atoms with Gasteiger partial charge in [-0.15, -0.1) is 24.0 Å². The van der Waals surface area contributed by atoms with E-state index < -0.39 is 0 Å². The number of benzene rings is 3. The van der Waals surface area contributed by atoms with Crippen molar-refractivity contribution in [1.82, 2.24) is 10.6 Å². The van der Waals surface area contributed by atoms with Gasteiger partial charge in [-0.1, -0.05) is 36.4 Å². The molecular formula is C23H27IN4O2. The number of carbonyl (C=O) groups is 1. The molecule has 1 atom stereocenters. The Hall–Kier alpha value is -2.81. The van der Waals surface area contributed by atoms with Gasteiger partial charge in [0.1, 0.15) is 12.3 Å². The lowest BCUT2D eigenvalue weighted by molar-refractivity contribution is -0.114. The normalized spacial score (nSPS) is 12.0. The SMILES string of the molecule is CCNC(=NCC(=O)Nc1ccc(O)cc1)NC(C)c1ccc2ccccc2c1.I. The van der Waals surface area contributed by atoms with Crippen molar-refractivity contribution in [3.05, 3.63) is 72.3 Å². The molecule has 7 heteroatoms. The summed E-state index contributed by atoms with van der Waals surface area (Å²) in [6.45, 7) is 4.72. The summed E-state index contributed by atoms with van der Waals surface area (Å²) in [5, 5.41) is 21.0. The third-order valence-electron chi connectivity index (χ3n) is 4.50. The predicted molar refractivity (Wildman–Crippen MR) is 134 cm³/mol. The Bertz CT molecular complexity index is 1010. The molecule has 0 spiro atoms. The maximum atomic E-state index is 12.2. The molecule has 3 rings (SSSR count). The highest BCUT2D eigenvalue weighted by Crippen LogP contribution is 2.20. The number of phenols is 1. The van der Waals surface area contributed by atoms with E-state index in [0.717, 1.165) is 5.56 Å². The molecule has 0 aliphatic rings. The van der Waals surface area contributed by atoms with Gasteiger partial charge in [0.25, 0.3) is 0 Å². The third kappa shape index (κ3) is 6.62. The number of halogens is 1. The Balaban J connectivity index is 0.00000320. The van der Waals surface area contributed by atoms with E-state index in [-0.39, 0.29) is 48.2 Å². The van der Waals surface area contributed by atoms with Crippen LogP contribution in [0.2, 0.25) is 0 Å². The number of fused-ring (bicyclic) bond motifs is 1. The van der Waals surface area contributed by atoms with Gasteiger partial charge in [-0.2, -0.15) is 0 Å². The summed E-state index contributed by atoms with van der Waals surface area (Å²) in [5.41, 5.74) is 1.76. The van der Waals surface area contributed by atoms with E-state index in [0.29, 0.717) is 18.2 Å². The number of guanidine groups is 1. The van der Waals surface area contributed by atoms with E-state index in [2.05, 4.69) is 58.2 Å². The highest BCUT2D eigenvalue weighted by molar-refractivity contribution is 14.0. The van der Waals surface area contributed by atoms with E-state index in [1.54, 1.807) is 12.1 Å². The molecule has 3 aromatic rings. The molecule has 1 unspecified atom stereocenters. The van der Waals surface area contributed by atoms with E-state index in [1.807, 2.05) is 19.1 Å². The first kappa shape index (κ1) is 23.5. The number of hydrogen-bond donors (Lipinski definition) is 4. The van der Waals surface area contributed by atoms with Crippen molar-refractivity contribution in [1.29, 1.82) is 0 Å². The van der Waals surface area contributed by atoms with Crippen molar-refractivity contribution in [2.45, 2.75) is 19.9 Å². The van der Waals surface area contributed by atoms with Crippen LogP contribution in [0.1, 0.15) is 25.5 Å². The van der Waals surface area contributed by atoms with E-state index in [9.17, 15) is 9.90 Å². The zero-order chi connectivity index (χ0) is 20.6. The van der Waals surface area contributed by atoms with Crippen LogP contribution < -0.4 is 16.0 Å². The van der Waals surface area contributed by atoms with Crippen molar-refractivity contribution in [3.8, 4) is 5.75 Å². The number of phenolic OH excluding ortho intramolecular Hbond substituents is 1. The van der Waals surface area contributed by atoms with Crippen LogP contribution in [0.3, 0.4) is 0 Å². The molecule has 0 saturated carbocycles. The Morgan fingerprint density at radius 3 is 2.43 bits per heavy atom. The minimum atomic E-state index is -0.230. The van der Waals surface area contributed by atoms with Crippen LogP contribution in [-0.4, -0.2) is 30.1 Å². The smallest absolute Gasteiger partial charge is 0.246 e. The van der Waals surface area contributed by atoms with Crippen LogP contribution in [0.25, 0.3) is 10.8 Å². The fraction of sp³-hybridized carbons (Fsp3) is 0.217. The Morgan fingerprint density at radius 2 is 1.73 bits per heavy atom. The van der Waals surface area contributed by atoms with Crippen LogP contribution in [0.4, 0.5) is 5.69 Å². The lowest BCUT2D eigenvalue weighted by atomic mass is 10.0. The summed E-state index contributed by atoms with van der Waals surface area (Å²) in [6, 6.07) is 21.0. The topological polar surface area (TPSA) is 85.8 Å². The quantitative estimate of drug-likeness (QED) is 0.169. The number of nitrogens with one attached hydrogen (secondary N) is 3. The Labute approximate surface area is 193 Å². The summed E-state index contributed by atoms with van der Waals surface area (Å²) in [4.78, 5) is 16.6. The highest BCUT2D eigenvalue weighted by atomic mass is 127. The molecule has 0 aliphatic heterocycles. The molecule has 6 nitrogen and oxygen atoms in total. The van der Waals surface area contributed by atoms with Crippen LogP contribution in [0.5, 0.6) is 5.75 Å². The highest BCUT2D eigenvalue weighted by Gasteiger charge is 2.09. The van der Waals surface area contributed by atoms with Crippen LogP contribution in [-0.2, 0) is 4.79 Å². The van der Waals surface area contributed by atoms with Gasteiger partial charge in [0.05, 0.1) is 6.04 Å². The van der Waals surface area contributed by atoms with Crippen molar-refractivity contribution in [2.75, 3.05) is 18.4 Å². The van der Waals surface area contributed by atoms with Crippen molar-refractivity contribution < 1.29 is 9.90 Å². The van der Waals surface area contributed by atoms with Crippen molar-refractivity contribution in [2.24, 2.45) is 4.99 Å². The number of amides is 1. The Kier molecular flexibility index (Phi) is 8.91. The molecule has 30 heavy (non-hydrogen) atoms. The van der Waals surface area contributed by atoms with Crippen LogP contribution >= 0.6 is 24.0 Å². The summed E-state index contributed by atoms with van der Waals surface area (Å²) < 4.78 is 0. The third-order valence-corrected chi connectivity index (χ3v) is 4.50. The van der Waals surface area contributed by atoms with Gasteiger partial charge in [-0.05, 0) is 60.5 Å². The predicted octanol–water partition coefficient (Wildman–Crippen LogP) is 4.42. The number of hydrogen-bond acceptors (Lipinski definition) is 3. The maximum absolute atomic E-state index is 12.2. The van der Waals surface area contributed by atoms with Crippen LogP contribution in [0, 0.1) is 0 Å². The number of aliphatic imine (C=N–C) groups is 1. The zero-order valence-corrected chi connectivity index (χ0v) is 19.4. The van der Waals surface area contributed by atoms with Crippen molar-refractivity contribution in [3.63, 3.8) is 0 Å². The van der Waals surface area contributed by atoms with Gasteiger partial charge < -0.3 is 21.1 Å². The van der Waals surface area contributed by atoms with Gasteiger partial charge in [0, 0.05) is 12.2 Å². The minimum Gasteiger partial charge on any atom is -0.508 e. The van der Waals surface area contributed by atoms with E-state index in [1.165, 1.54) is 22.9 Å². The first-order valence-electron chi connectivity index (χ1n) is 9.67. The first-order chi connectivity index (χ1) is 14.0. The second-order valence-corrected chi connectivity index (χ2v) is 6.76. The monoisotopic (exact) mass is 518 g/mol. The molecular weight excluding hydrogens is 491 g/mol. The fourth-order valence-corrected chi connectivity index (χ4v) is 2.98. The van der Waals surface area contributed by atoms with Gasteiger partial charge in [-0.25, -0.2) is 4.99 Å². The molecule has 158 valence electrons. The second-order valence-electron chi connectivity index (χ2n) is 6.76. The number of nitrogens with zero attached hydrogens (tertiary/aromatic N) is 1. The molecule has 0 radical (unpaired) electrons. The van der Waals surface area contributed by atoms with Crippen molar-refractivity contribution >= 4 is 52.3 Å². The molecule has 0 heterocycles. The average Bonchev–Trinajstić information content (AvgIpc) is 2.73. The lowest BCUT2D eigenvalue weighted by Crippen LogP contribution is -2.39. The summed E-state index contributed by atoms with van der Waals surface area (Å²) in [7, 11) is 0. The molecule has 4 N–H and O–H groups in total. The molecule has 0 saturated heterocycles. The van der Waals surface area contributed by atoms with E-state index in [4.69, 9.17) is 0 Å². The maximum Gasteiger partial charge on any atom is 0.246 e. The average molecular weight is 518 g/mol. The number of aromatic hydroxyl groups is 1. The zero-order valence-electron chi connectivity index (χ0n) is 17.1. The molecule has 3 aromatic carbocycles. The first-order valence-corrected chi connectivity index (χ1v) is 9.67. The minimum absolute atomic E-state index is 0. The Morgan fingerprint density at radius 1 is 1.03 bits per heavy atom. The number of anilines is 1.